The molecule has 7 rings (SSSR count). The number of carboxylic acid groups (broad SMARTS) is 2. The van der Waals surface area contributed by atoms with Crippen LogP contribution in [0.5, 0.6) is 0 Å². The third kappa shape index (κ3) is 55.8. The molecule has 0 aliphatic carbocycles. The van der Waals surface area contributed by atoms with Crippen molar-refractivity contribution in [2.24, 2.45) is 25.7 Å². The van der Waals surface area contributed by atoms with Crippen molar-refractivity contribution in [2.45, 2.75) is 253 Å². The summed E-state index contributed by atoms with van der Waals surface area (Å²) >= 11 is 1.60. The van der Waals surface area contributed by atoms with Crippen molar-refractivity contribution in [3.8, 4) is 0 Å². The SMILES string of the molecule is CB(O)N1CCCN=C1N.CC(=O)C[C@H](CCCCCCC(=O)NC1=NCCCN1)c1cnc(C)nc1.CC(=O)O.CCOC(=O)C[C@H](CCCCCCC(=O)NC1=NCCCN1B(C)O)c1cnc(C)nc1.CCOC(=O)C[C@H](CCCCCCC(=O)O)c1cnc(C)nc1.CSC1=NCCCN1B(C)O.N.O=CC(F)(F)F.[Na+].[OH-]. The van der Waals surface area contributed by atoms with Crippen LogP contribution in [-0.4, -0.2) is 245 Å². The third-order valence-electron chi connectivity index (χ3n) is 17.2. The first-order valence-electron chi connectivity index (χ1n) is 39.0. The number of carbonyl (C=O) groups is 8. The second-order valence-electron chi connectivity index (χ2n) is 27.1. The van der Waals surface area contributed by atoms with Crippen LogP contribution in [0.2, 0.25) is 20.5 Å². The summed E-state index contributed by atoms with van der Waals surface area (Å²) in [7, 11) is -1.58. The number of aldehydes is 1. The second-order valence-corrected chi connectivity index (χ2v) is 27.9. The van der Waals surface area contributed by atoms with Crippen molar-refractivity contribution in [3.05, 3.63) is 71.3 Å². The number of unbranched alkanes of at least 4 members (excludes halogenated alkanes) is 9. The van der Waals surface area contributed by atoms with Crippen LogP contribution in [-0.2, 0) is 47.8 Å². The van der Waals surface area contributed by atoms with Gasteiger partial charge in [-0.15, -0.1) is 0 Å². The summed E-state index contributed by atoms with van der Waals surface area (Å²) in [5.41, 5.74) is 8.44. The minimum atomic E-state index is -4.64. The van der Waals surface area contributed by atoms with E-state index < -0.39 is 45.6 Å². The van der Waals surface area contributed by atoms with E-state index in [1.807, 2.05) is 44.2 Å². The number of aromatic nitrogens is 6. The molecule has 0 aromatic carbocycles. The van der Waals surface area contributed by atoms with Crippen LogP contribution in [0, 0.1) is 20.8 Å². The van der Waals surface area contributed by atoms with E-state index in [1.165, 1.54) is 0 Å². The summed E-state index contributed by atoms with van der Waals surface area (Å²) in [6.07, 6.45) is 27.0. The third-order valence-corrected chi connectivity index (χ3v) is 18.0. The maximum absolute atomic E-state index is 12.3. The Morgan fingerprint density at radius 1 is 0.569 bits per heavy atom. The van der Waals surface area contributed by atoms with Crippen molar-refractivity contribution in [3.63, 3.8) is 0 Å². The number of aliphatic imine (C=N–C) groups is 4. The number of carboxylic acids is 2. The molecule has 7 heterocycles. The maximum atomic E-state index is 12.3. The number of hydrogen-bond acceptors (Lipinski definition) is 31. The van der Waals surface area contributed by atoms with E-state index >= 15 is 0 Å². The molecule has 0 unspecified atom stereocenters. The molecule has 42 heteroatoms. The number of nitrogens with one attached hydrogen (secondary N) is 3. The van der Waals surface area contributed by atoms with Crippen LogP contribution in [0.1, 0.15) is 240 Å². The number of aryl methyl sites for hydroxylation is 3. The summed E-state index contributed by atoms with van der Waals surface area (Å²) in [4.78, 5) is 135. The Labute approximate surface area is 709 Å². The quantitative estimate of drug-likeness (QED) is 0.0143. The first kappa shape index (κ1) is 112. The van der Waals surface area contributed by atoms with Crippen LogP contribution in [0.25, 0.3) is 0 Å². The fourth-order valence-electron chi connectivity index (χ4n) is 11.5. The number of ether oxygens (including phenoxy) is 2. The smallest absolute Gasteiger partial charge is 0.870 e. The van der Waals surface area contributed by atoms with Crippen LogP contribution in [0.15, 0.2) is 57.2 Å². The van der Waals surface area contributed by atoms with E-state index in [0.717, 1.165) is 189 Å². The van der Waals surface area contributed by atoms with Crippen molar-refractivity contribution >= 4 is 104 Å². The summed E-state index contributed by atoms with van der Waals surface area (Å²) in [6.45, 7) is 24.2. The van der Waals surface area contributed by atoms with E-state index in [-0.39, 0.29) is 94.9 Å². The average molecular weight is 1670 g/mol. The summed E-state index contributed by atoms with van der Waals surface area (Å²) < 4.78 is 41.4. The van der Waals surface area contributed by atoms with Gasteiger partial charge in [0.2, 0.25) is 18.1 Å². The number of carbonyl (C=O) groups excluding carboxylic acids is 6. The molecule has 4 aliphatic heterocycles. The summed E-state index contributed by atoms with van der Waals surface area (Å²) in [5.74, 6) is 2.11. The van der Waals surface area contributed by atoms with Gasteiger partial charge in [-0.1, -0.05) is 69.5 Å². The number of thioether (sulfide) groups is 1. The number of Topliss-reactive ketones (excluding diaryl/α,β-unsaturated/α-hetero) is 1. The molecule has 0 saturated heterocycles. The van der Waals surface area contributed by atoms with Crippen LogP contribution >= 0.6 is 11.8 Å². The Bertz CT molecular complexity index is 3370. The van der Waals surface area contributed by atoms with E-state index in [9.17, 15) is 52.0 Å². The summed E-state index contributed by atoms with van der Waals surface area (Å²) in [5, 5.41) is 54.0. The number of alkyl halides is 3. The van der Waals surface area contributed by atoms with Crippen molar-refractivity contribution < 1.29 is 121 Å². The number of halogens is 3. The predicted molar refractivity (Wildman–Crippen MR) is 441 cm³/mol. The van der Waals surface area contributed by atoms with Gasteiger partial charge in [0.25, 0.3) is 5.97 Å². The number of nitrogens with two attached hydrogens (primary N) is 1. The molecule has 0 spiro atoms. The Kier molecular flexibility index (Phi) is 65.0. The zero-order valence-electron chi connectivity index (χ0n) is 70.2. The fraction of sp³-hybridized carbons (Fsp3) is 0.676. The molecule has 4 aliphatic rings. The predicted octanol–water partition coefficient (Wildman–Crippen LogP) is 5.82. The monoisotopic (exact) mass is 1670 g/mol. The molecule has 3 atom stereocenters. The summed E-state index contributed by atoms with van der Waals surface area (Å²) in [6, 6.07) is 0. The van der Waals surface area contributed by atoms with E-state index in [1.54, 1.807) is 87.4 Å². The molecule has 646 valence electrons. The number of amides is 2. The van der Waals surface area contributed by atoms with E-state index in [0.29, 0.717) is 94.4 Å². The molecular weight excluding hydrogens is 1540 g/mol. The number of rotatable bonds is 35. The normalized spacial score (nSPS) is 13.9. The minimum absolute atomic E-state index is 0. The number of hydrogen-bond donors (Lipinski definition) is 10. The standard InChI is InChI=1S/C22H36BN5O4.C20H31N5O2.C17H26N2O4.C6H13BN2OS.C5H12BN3O.C2HF3O.C2H4O2.H3N.Na.H2O/c1-4-32-21(30)14-18(19-15-25-17(2)26-16-19)10-7-5-6-8-11-20(29)27-22-24-12-9-13-28(22)23(3)31;1-15(26)12-17(18-13-23-16(2)24-14-18)8-5-3-4-6-9-19(27)25-20-21-10-7-11-22-20;1-3-23-17(22)10-14(15-11-18-13(2)19-12-15)8-6-4-5-7-9-16(20)21;1-7(10)9-5-3-4-8-6(9)11-2;1-6(10)9-4-2-3-8-5(9)7;3-2(4,5)1-6;1-2(3)4;;;/h15-16,18,31H,4-14H2,1-3H3,(H,24,27,29);13-14,17H,3-12H2,1-2H3,(H2,21,22,25,27);11-12,14H,3-10H2,1-2H3,(H,20,21);10H,3-5H2,1-2H3;10H,2-4H2,1H3,(H2,7,8);1H;1H3,(H,3,4);1H3;;1H2/q;;;;;;;;+1;/p-1/t18-;17-;14-;;;;;;;/m000......./s1. The van der Waals surface area contributed by atoms with Gasteiger partial charge in [0, 0.05) is 122 Å². The van der Waals surface area contributed by atoms with Crippen LogP contribution < -0.4 is 57.4 Å². The number of nitrogens with zero attached hydrogens (tertiary/aromatic N) is 13. The molecule has 0 fully saturated rings. The van der Waals surface area contributed by atoms with Gasteiger partial charge in [-0.2, -0.15) is 13.2 Å². The van der Waals surface area contributed by atoms with Gasteiger partial charge < -0.3 is 76.7 Å². The largest absolute Gasteiger partial charge is 1.00 e. The Balaban J connectivity index is -0.00000139. The number of esters is 2. The Morgan fingerprint density at radius 3 is 1.26 bits per heavy atom. The molecule has 0 radical (unpaired) electrons. The molecular formula is C74H127B3F3N18NaO16S. The van der Waals surface area contributed by atoms with E-state index in [4.69, 9.17) is 40.0 Å². The molecule has 34 nitrogen and oxygen atoms in total. The number of guanidine groups is 3. The Hall–Kier alpha value is -7.79. The number of ketones is 1. The number of amidine groups is 1. The first-order valence-corrected chi connectivity index (χ1v) is 40.2. The van der Waals surface area contributed by atoms with Crippen molar-refractivity contribution in [2.75, 3.05) is 71.8 Å². The molecule has 2 amide bonds. The van der Waals surface area contributed by atoms with Gasteiger partial charge >= 0.3 is 74.8 Å². The van der Waals surface area contributed by atoms with Gasteiger partial charge in [0.1, 0.15) is 28.4 Å². The van der Waals surface area contributed by atoms with Crippen LogP contribution in [0.4, 0.5) is 13.2 Å². The zero-order chi connectivity index (χ0) is 84.5. The first-order chi connectivity index (χ1) is 53.7. The van der Waals surface area contributed by atoms with Gasteiger partial charge in [-0.05, 0) is 167 Å². The maximum Gasteiger partial charge on any atom is 1.00 e. The second kappa shape index (κ2) is 67.1. The van der Waals surface area contributed by atoms with E-state index in [2.05, 4.69) is 65.8 Å². The van der Waals surface area contributed by atoms with Gasteiger partial charge in [0.05, 0.1) is 26.1 Å². The molecule has 116 heavy (non-hydrogen) atoms. The van der Waals surface area contributed by atoms with Gasteiger partial charge in [-0.3, -0.25) is 64.2 Å². The van der Waals surface area contributed by atoms with Crippen molar-refractivity contribution in [1.29, 1.82) is 0 Å². The van der Waals surface area contributed by atoms with Crippen molar-refractivity contribution in [1.82, 2.24) is 66.4 Å². The molecule has 3 aromatic heterocycles. The molecule has 0 saturated carbocycles. The number of aliphatic carboxylic acids is 2. The topological polar surface area (TPSA) is 520 Å². The Morgan fingerprint density at radius 2 is 0.922 bits per heavy atom. The van der Waals surface area contributed by atoms with Gasteiger partial charge in [-0.25, -0.2) is 29.9 Å². The minimum Gasteiger partial charge on any atom is -0.870 e. The fourth-order valence-corrected chi connectivity index (χ4v) is 12.2. The van der Waals surface area contributed by atoms with Gasteiger partial charge in [0.15, 0.2) is 17.9 Å². The molecule has 0 bridgehead atoms. The van der Waals surface area contributed by atoms with Crippen LogP contribution in [0.3, 0.4) is 0 Å². The average Bonchev–Trinajstić information content (AvgIpc) is 0.929. The zero-order valence-corrected chi connectivity index (χ0v) is 73.0. The molecule has 3 aromatic rings. The molecule has 14 N–H and O–H groups in total.